The van der Waals surface area contributed by atoms with Crippen molar-refractivity contribution in [3.63, 3.8) is 0 Å². The molecule has 1 spiro atoms. The highest BCUT2D eigenvalue weighted by molar-refractivity contribution is 7.98. The van der Waals surface area contributed by atoms with Gasteiger partial charge in [0.05, 0.1) is 24.6 Å². The average molecular weight is 523 g/mol. The summed E-state index contributed by atoms with van der Waals surface area (Å²) in [7, 11) is -0.655. The first-order valence-corrected chi connectivity index (χ1v) is 14.2. The molecular weight excluding hydrogens is 488 g/mol. The lowest BCUT2D eigenvalue weighted by Crippen LogP contribution is -2.45. The standard InChI is InChI=1S/C23H34F3N2O4PS/c1-21(2,24)32-18-6-4-17(5-7-18)28-9-8-23(14-28)15-33(11-10-31-23)19(13-29)12-20(30)27-34-16-22(3,25)26/h4-7,19,29H,8-16H2,1-3H3,(H,27,30). The van der Waals surface area contributed by atoms with E-state index in [1.54, 1.807) is 12.1 Å². The first kappa shape index (κ1) is 27.4. The number of benzene rings is 1. The zero-order chi connectivity index (χ0) is 25.0. The van der Waals surface area contributed by atoms with Crippen LogP contribution in [0.4, 0.5) is 18.9 Å². The highest BCUT2D eigenvalue weighted by atomic mass is 32.2. The van der Waals surface area contributed by atoms with Crippen LogP contribution in [0.3, 0.4) is 0 Å². The SMILES string of the molecule is CC(F)(F)CSNC(=O)CC(CO)P1CCOC2(CCN(c3ccc(OC(C)(C)F)cc3)C2)C1. The quantitative estimate of drug-likeness (QED) is 0.351. The van der Waals surface area contributed by atoms with Crippen molar-refractivity contribution in [3.05, 3.63) is 24.3 Å². The number of carbonyl (C=O) groups is 1. The maximum Gasteiger partial charge on any atom is 0.256 e. The number of ether oxygens (including phenoxy) is 2. The van der Waals surface area contributed by atoms with Crippen molar-refractivity contribution in [2.24, 2.45) is 0 Å². The molecule has 2 saturated heterocycles. The van der Waals surface area contributed by atoms with Crippen molar-refractivity contribution < 1.29 is 32.5 Å². The van der Waals surface area contributed by atoms with Crippen molar-refractivity contribution in [3.8, 4) is 5.75 Å². The third-order valence-corrected chi connectivity index (χ3v) is 9.96. The van der Waals surface area contributed by atoms with Crippen molar-refractivity contribution in [2.75, 3.05) is 49.3 Å². The number of amides is 1. The highest BCUT2D eigenvalue weighted by Crippen LogP contribution is 2.51. The lowest BCUT2D eigenvalue weighted by molar-refractivity contribution is -0.119. The van der Waals surface area contributed by atoms with Crippen molar-refractivity contribution in [2.45, 2.75) is 56.7 Å². The molecule has 11 heteroatoms. The number of aliphatic hydroxyl groups is 1. The molecule has 3 atom stereocenters. The van der Waals surface area contributed by atoms with E-state index in [0.29, 0.717) is 30.8 Å². The molecular formula is C23H34F3N2O4PS. The van der Waals surface area contributed by atoms with Crippen LogP contribution in [0.5, 0.6) is 5.75 Å². The Morgan fingerprint density at radius 2 is 2.03 bits per heavy atom. The molecule has 3 unspecified atom stereocenters. The molecule has 1 aromatic carbocycles. The predicted octanol–water partition coefficient (Wildman–Crippen LogP) is 4.40. The summed E-state index contributed by atoms with van der Waals surface area (Å²) in [6, 6.07) is 7.32. The Balaban J connectivity index is 1.55. The second kappa shape index (κ2) is 11.2. The molecule has 1 amide bonds. The van der Waals surface area contributed by atoms with Gasteiger partial charge in [0.1, 0.15) is 5.75 Å². The van der Waals surface area contributed by atoms with Crippen LogP contribution in [-0.2, 0) is 9.53 Å². The van der Waals surface area contributed by atoms with E-state index in [-0.39, 0.29) is 30.2 Å². The maximum absolute atomic E-state index is 13.7. The number of alkyl halides is 3. The molecule has 0 radical (unpaired) electrons. The minimum Gasteiger partial charge on any atom is -0.459 e. The van der Waals surface area contributed by atoms with Gasteiger partial charge in [0.2, 0.25) is 11.8 Å². The molecule has 2 fully saturated rings. The van der Waals surface area contributed by atoms with Gasteiger partial charge in [0.15, 0.2) is 0 Å². The van der Waals surface area contributed by atoms with Gasteiger partial charge < -0.3 is 19.5 Å². The number of hydrogen-bond donors (Lipinski definition) is 2. The fraction of sp³-hybridized carbons (Fsp3) is 0.696. The van der Waals surface area contributed by atoms with Crippen molar-refractivity contribution in [1.82, 2.24) is 4.72 Å². The second-order valence-corrected chi connectivity index (χ2v) is 13.0. The summed E-state index contributed by atoms with van der Waals surface area (Å²) in [4.78, 5) is 14.5. The van der Waals surface area contributed by atoms with Crippen LogP contribution in [0.2, 0.25) is 0 Å². The Labute approximate surface area is 204 Å². The number of rotatable bonds is 10. The molecule has 2 aliphatic heterocycles. The van der Waals surface area contributed by atoms with Crippen molar-refractivity contribution >= 4 is 31.5 Å². The van der Waals surface area contributed by atoms with E-state index in [1.165, 1.54) is 13.8 Å². The zero-order valence-corrected chi connectivity index (χ0v) is 21.6. The summed E-state index contributed by atoms with van der Waals surface area (Å²) in [5.41, 5.74) is 0.485. The van der Waals surface area contributed by atoms with Crippen LogP contribution in [0.1, 0.15) is 33.6 Å². The van der Waals surface area contributed by atoms with E-state index in [0.717, 1.165) is 37.9 Å². The maximum atomic E-state index is 13.7. The molecule has 0 saturated carbocycles. The van der Waals surface area contributed by atoms with Gasteiger partial charge in [-0.25, -0.2) is 8.78 Å². The molecule has 2 N–H and O–H groups in total. The normalized spacial score (nSPS) is 24.3. The third-order valence-electron chi connectivity index (χ3n) is 5.82. The van der Waals surface area contributed by atoms with E-state index in [4.69, 9.17) is 9.47 Å². The minimum atomic E-state index is -2.85. The van der Waals surface area contributed by atoms with Crippen LogP contribution >= 0.6 is 19.9 Å². The summed E-state index contributed by atoms with van der Waals surface area (Å²) >= 11 is 0.703. The Hall–Kier alpha value is -1.22. The molecule has 2 aliphatic rings. The first-order chi connectivity index (χ1) is 15.9. The fourth-order valence-corrected chi connectivity index (χ4v) is 7.73. The third kappa shape index (κ3) is 8.18. The van der Waals surface area contributed by atoms with Gasteiger partial charge in [0.25, 0.3) is 5.92 Å². The number of anilines is 1. The zero-order valence-electron chi connectivity index (χ0n) is 19.9. The summed E-state index contributed by atoms with van der Waals surface area (Å²) in [6.45, 7) is 5.50. The number of nitrogens with zero attached hydrogens (tertiary/aromatic N) is 1. The molecule has 34 heavy (non-hydrogen) atoms. The second-order valence-electron chi connectivity index (χ2n) is 9.56. The van der Waals surface area contributed by atoms with E-state index >= 15 is 0 Å². The largest absolute Gasteiger partial charge is 0.459 e. The summed E-state index contributed by atoms with van der Waals surface area (Å²) in [5.74, 6) is -4.94. The topological polar surface area (TPSA) is 71.0 Å². The van der Waals surface area contributed by atoms with Crippen LogP contribution in [0.15, 0.2) is 24.3 Å². The van der Waals surface area contributed by atoms with E-state index in [9.17, 15) is 23.1 Å². The van der Waals surface area contributed by atoms with Gasteiger partial charge in [-0.3, -0.25) is 9.52 Å². The molecule has 2 heterocycles. The van der Waals surface area contributed by atoms with Gasteiger partial charge in [-0.15, -0.1) is 0 Å². The monoisotopic (exact) mass is 522 g/mol. The van der Waals surface area contributed by atoms with E-state index < -0.39 is 25.5 Å². The molecule has 6 nitrogen and oxygen atoms in total. The number of aliphatic hydroxyl groups excluding tert-OH is 1. The molecule has 3 rings (SSSR count). The molecule has 1 aromatic rings. The lowest BCUT2D eigenvalue weighted by Gasteiger charge is -2.41. The molecule has 0 aromatic heterocycles. The van der Waals surface area contributed by atoms with Crippen LogP contribution in [0, 0.1) is 0 Å². The van der Waals surface area contributed by atoms with Gasteiger partial charge in [0, 0.05) is 51.6 Å². The highest BCUT2D eigenvalue weighted by Gasteiger charge is 2.45. The Bertz CT molecular complexity index is 822. The average Bonchev–Trinajstić information content (AvgIpc) is 3.13. The van der Waals surface area contributed by atoms with Crippen molar-refractivity contribution in [1.29, 1.82) is 0 Å². The number of halogens is 3. The Morgan fingerprint density at radius 3 is 2.65 bits per heavy atom. The van der Waals surface area contributed by atoms with Gasteiger partial charge >= 0.3 is 0 Å². The molecule has 192 valence electrons. The van der Waals surface area contributed by atoms with Crippen LogP contribution in [-0.4, -0.2) is 78.4 Å². The van der Waals surface area contributed by atoms with E-state index in [2.05, 4.69) is 9.62 Å². The summed E-state index contributed by atoms with van der Waals surface area (Å²) in [6.07, 6.45) is 2.56. The lowest BCUT2D eigenvalue weighted by atomic mass is 10.1. The number of nitrogens with one attached hydrogen (secondary N) is 1. The van der Waals surface area contributed by atoms with Crippen LogP contribution in [0.25, 0.3) is 0 Å². The first-order valence-electron chi connectivity index (χ1n) is 11.4. The number of carbonyl (C=O) groups excluding carboxylic acids is 1. The number of hydrogen-bond acceptors (Lipinski definition) is 6. The Kier molecular flexibility index (Phi) is 9.04. The van der Waals surface area contributed by atoms with Gasteiger partial charge in [-0.2, -0.15) is 4.39 Å². The van der Waals surface area contributed by atoms with Gasteiger partial charge in [-0.05, 0) is 55.0 Å². The molecule has 0 aliphatic carbocycles. The Morgan fingerprint density at radius 1 is 1.32 bits per heavy atom. The van der Waals surface area contributed by atoms with E-state index in [1.807, 2.05) is 12.1 Å². The minimum absolute atomic E-state index is 0.111. The predicted molar refractivity (Wildman–Crippen MR) is 131 cm³/mol. The molecule has 0 bridgehead atoms. The fourth-order valence-electron chi connectivity index (χ4n) is 4.31. The van der Waals surface area contributed by atoms with Gasteiger partial charge in [-0.1, -0.05) is 7.92 Å². The summed E-state index contributed by atoms with van der Waals surface area (Å²) < 4.78 is 53.6. The van der Waals surface area contributed by atoms with Crippen LogP contribution < -0.4 is 14.4 Å². The summed E-state index contributed by atoms with van der Waals surface area (Å²) in [5, 5.41) is 9.97. The smallest absolute Gasteiger partial charge is 0.256 e.